The minimum Gasteiger partial charge on any atom is -0.353 e. The lowest BCUT2D eigenvalue weighted by atomic mass is 10.1. The van der Waals surface area contributed by atoms with E-state index in [9.17, 15) is 4.79 Å². The number of hydrogen-bond donors (Lipinski definition) is 0. The third-order valence-corrected chi connectivity index (χ3v) is 3.75. The molecule has 3 heteroatoms. The molecule has 2 aromatic rings. The van der Waals surface area contributed by atoms with E-state index in [-0.39, 0.29) is 12.0 Å². The molecule has 1 heterocycles. The van der Waals surface area contributed by atoms with Gasteiger partial charge >= 0.3 is 0 Å². The van der Waals surface area contributed by atoms with Crippen molar-refractivity contribution in [2.75, 3.05) is 11.4 Å². The number of para-hydroxylation sites is 1. The highest BCUT2D eigenvalue weighted by atomic mass is 16.5. The first-order chi connectivity index (χ1) is 10.3. The van der Waals surface area contributed by atoms with Gasteiger partial charge in [-0.3, -0.25) is 4.79 Å². The summed E-state index contributed by atoms with van der Waals surface area (Å²) in [7, 11) is 0. The molecule has 3 rings (SSSR count). The first-order valence-corrected chi connectivity index (χ1v) is 7.32. The summed E-state index contributed by atoms with van der Waals surface area (Å²) in [4.78, 5) is 13.9. The molecule has 1 aliphatic rings. The number of hydrogen-bond acceptors (Lipinski definition) is 3. The van der Waals surface area contributed by atoms with Crippen LogP contribution in [-0.2, 0) is 16.1 Å². The highest BCUT2D eigenvalue weighted by Gasteiger charge is 2.27. The third kappa shape index (κ3) is 3.50. The molecule has 3 nitrogen and oxygen atoms in total. The zero-order chi connectivity index (χ0) is 14.5. The number of ketones is 1. The normalized spacial score (nSPS) is 18.8. The van der Waals surface area contributed by atoms with E-state index >= 15 is 0 Å². The Hall–Kier alpha value is -2.13. The summed E-state index contributed by atoms with van der Waals surface area (Å²) in [6.45, 7) is 1.25. The Labute approximate surface area is 125 Å². The lowest BCUT2D eigenvalue weighted by molar-refractivity contribution is -0.124. The van der Waals surface area contributed by atoms with E-state index in [2.05, 4.69) is 17.0 Å². The van der Waals surface area contributed by atoms with Gasteiger partial charge in [0.05, 0.1) is 13.0 Å². The van der Waals surface area contributed by atoms with Crippen LogP contribution in [0.3, 0.4) is 0 Å². The molecular weight excluding hydrogens is 262 g/mol. The van der Waals surface area contributed by atoms with E-state index in [4.69, 9.17) is 4.74 Å². The van der Waals surface area contributed by atoms with Gasteiger partial charge in [-0.2, -0.15) is 0 Å². The number of carbonyl (C=O) groups excluding carboxylic acids is 1. The van der Waals surface area contributed by atoms with Crippen molar-refractivity contribution in [3.63, 3.8) is 0 Å². The summed E-state index contributed by atoms with van der Waals surface area (Å²) >= 11 is 0. The van der Waals surface area contributed by atoms with Gasteiger partial charge in [0.25, 0.3) is 0 Å². The molecule has 1 saturated heterocycles. The van der Waals surface area contributed by atoms with Crippen molar-refractivity contribution in [3.05, 3.63) is 66.2 Å². The molecule has 108 valence electrons. The zero-order valence-corrected chi connectivity index (χ0v) is 11.9. The van der Waals surface area contributed by atoms with Crippen LogP contribution in [0.25, 0.3) is 0 Å². The summed E-state index contributed by atoms with van der Waals surface area (Å²) in [6.07, 6.45) is 0.885. The number of piperidine rings is 1. The fourth-order valence-corrected chi connectivity index (χ4v) is 2.63. The van der Waals surface area contributed by atoms with Gasteiger partial charge in [0.15, 0.2) is 0 Å². The largest absolute Gasteiger partial charge is 0.353 e. The number of Topliss-reactive ketones (excluding diaryl/α,β-unsaturated/α-hetero) is 1. The van der Waals surface area contributed by atoms with Crippen LogP contribution in [0.4, 0.5) is 5.69 Å². The minimum atomic E-state index is -0.172. The fourth-order valence-electron chi connectivity index (χ4n) is 2.63. The summed E-state index contributed by atoms with van der Waals surface area (Å²) in [5.74, 6) is 0.278. The van der Waals surface area contributed by atoms with Crippen molar-refractivity contribution in [1.82, 2.24) is 0 Å². The lowest BCUT2D eigenvalue weighted by Crippen LogP contribution is -2.44. The molecule has 0 bridgehead atoms. The van der Waals surface area contributed by atoms with Gasteiger partial charge in [-0.15, -0.1) is 0 Å². The Balaban J connectivity index is 1.71. The quantitative estimate of drug-likeness (QED) is 0.860. The number of benzene rings is 2. The van der Waals surface area contributed by atoms with Crippen molar-refractivity contribution in [2.24, 2.45) is 0 Å². The predicted octanol–water partition coefficient (Wildman–Crippen LogP) is 3.40. The predicted molar refractivity (Wildman–Crippen MR) is 83.0 cm³/mol. The van der Waals surface area contributed by atoms with Crippen LogP contribution in [0, 0.1) is 0 Å². The molecule has 0 amide bonds. The molecule has 0 spiro atoms. The van der Waals surface area contributed by atoms with Crippen molar-refractivity contribution < 1.29 is 9.53 Å². The van der Waals surface area contributed by atoms with E-state index in [0.717, 1.165) is 17.8 Å². The van der Waals surface area contributed by atoms with Crippen molar-refractivity contribution >= 4 is 11.5 Å². The van der Waals surface area contributed by atoms with Crippen LogP contribution < -0.4 is 4.90 Å². The Morgan fingerprint density at radius 2 is 1.67 bits per heavy atom. The van der Waals surface area contributed by atoms with Crippen LogP contribution in [0.2, 0.25) is 0 Å². The van der Waals surface area contributed by atoms with Crippen LogP contribution in [0.1, 0.15) is 18.4 Å². The standard InChI is InChI=1S/C18H19NO2/c20-17-11-12-19(16-9-5-2-6-10-16)18(13-17)21-14-15-7-3-1-4-8-15/h1-10,18H,11-14H2. The van der Waals surface area contributed by atoms with E-state index in [1.54, 1.807) is 0 Å². The van der Waals surface area contributed by atoms with Gasteiger partial charge in [-0.25, -0.2) is 0 Å². The van der Waals surface area contributed by atoms with Gasteiger partial charge in [-0.1, -0.05) is 48.5 Å². The molecule has 0 N–H and O–H groups in total. The van der Waals surface area contributed by atoms with Crippen LogP contribution >= 0.6 is 0 Å². The Kier molecular flexibility index (Phi) is 4.31. The minimum absolute atomic E-state index is 0.172. The molecule has 0 radical (unpaired) electrons. The average molecular weight is 281 g/mol. The van der Waals surface area contributed by atoms with Crippen molar-refractivity contribution in [3.8, 4) is 0 Å². The second-order valence-corrected chi connectivity index (χ2v) is 5.27. The van der Waals surface area contributed by atoms with Gasteiger partial charge in [0.2, 0.25) is 0 Å². The molecule has 0 aromatic heterocycles. The van der Waals surface area contributed by atoms with Crippen LogP contribution in [0.15, 0.2) is 60.7 Å². The maximum Gasteiger partial charge on any atom is 0.139 e. The summed E-state index contributed by atoms with van der Waals surface area (Å²) in [6, 6.07) is 20.2. The van der Waals surface area contributed by atoms with Gasteiger partial charge in [0, 0.05) is 18.7 Å². The molecule has 0 saturated carbocycles. The Morgan fingerprint density at radius 3 is 2.38 bits per heavy atom. The Morgan fingerprint density at radius 1 is 1.00 bits per heavy atom. The molecule has 2 aromatic carbocycles. The fraction of sp³-hybridized carbons (Fsp3) is 0.278. The van der Waals surface area contributed by atoms with E-state index in [1.807, 2.05) is 48.5 Å². The molecular formula is C18H19NO2. The number of carbonyl (C=O) groups is 1. The van der Waals surface area contributed by atoms with Crippen LogP contribution in [0.5, 0.6) is 0 Å². The zero-order valence-electron chi connectivity index (χ0n) is 11.9. The van der Waals surface area contributed by atoms with E-state index in [1.165, 1.54) is 0 Å². The molecule has 1 unspecified atom stereocenters. The SMILES string of the molecule is O=C1CCN(c2ccccc2)C(OCc2ccccc2)C1. The monoisotopic (exact) mass is 281 g/mol. The third-order valence-electron chi connectivity index (χ3n) is 3.75. The maximum absolute atomic E-state index is 11.8. The first kappa shape index (κ1) is 13.8. The summed E-state index contributed by atoms with van der Waals surface area (Å²) in [5, 5.41) is 0. The maximum atomic E-state index is 11.8. The molecule has 0 aliphatic carbocycles. The summed E-state index contributed by atoms with van der Waals surface area (Å²) in [5.41, 5.74) is 2.24. The topological polar surface area (TPSA) is 29.5 Å². The van der Waals surface area contributed by atoms with Crippen molar-refractivity contribution in [1.29, 1.82) is 0 Å². The van der Waals surface area contributed by atoms with Crippen molar-refractivity contribution in [2.45, 2.75) is 25.7 Å². The van der Waals surface area contributed by atoms with E-state index < -0.39 is 0 Å². The second kappa shape index (κ2) is 6.55. The number of ether oxygens (including phenoxy) is 1. The van der Waals surface area contributed by atoms with Gasteiger partial charge in [-0.05, 0) is 17.7 Å². The van der Waals surface area contributed by atoms with E-state index in [0.29, 0.717) is 19.4 Å². The average Bonchev–Trinajstić information content (AvgIpc) is 2.55. The van der Waals surface area contributed by atoms with Gasteiger partial charge in [0.1, 0.15) is 12.0 Å². The number of anilines is 1. The Bertz CT molecular complexity index is 583. The molecule has 21 heavy (non-hydrogen) atoms. The number of nitrogens with zero attached hydrogens (tertiary/aromatic N) is 1. The highest BCUT2D eigenvalue weighted by molar-refractivity contribution is 5.81. The molecule has 1 atom stereocenters. The molecule has 1 aliphatic heterocycles. The van der Waals surface area contributed by atoms with Crippen LogP contribution in [-0.4, -0.2) is 18.6 Å². The first-order valence-electron chi connectivity index (χ1n) is 7.32. The summed E-state index contributed by atoms with van der Waals surface area (Å²) < 4.78 is 6.01. The molecule has 1 fully saturated rings. The number of rotatable bonds is 4. The smallest absolute Gasteiger partial charge is 0.139 e. The van der Waals surface area contributed by atoms with Gasteiger partial charge < -0.3 is 9.64 Å². The second-order valence-electron chi connectivity index (χ2n) is 5.27. The highest BCUT2D eigenvalue weighted by Crippen LogP contribution is 2.24. The lowest BCUT2D eigenvalue weighted by Gasteiger charge is -2.36.